The second kappa shape index (κ2) is 11.4. The molecule has 0 aliphatic rings. The Bertz CT molecular complexity index is 515. The highest BCUT2D eigenvalue weighted by Gasteiger charge is 2.14. The van der Waals surface area contributed by atoms with Gasteiger partial charge in [0.2, 0.25) is 0 Å². The molecule has 0 aromatic heterocycles. The van der Waals surface area contributed by atoms with Gasteiger partial charge in [-0.2, -0.15) is 17.0 Å². The first kappa shape index (κ1) is 18.9. The van der Waals surface area contributed by atoms with Crippen LogP contribution in [0.4, 0.5) is 5.69 Å². The van der Waals surface area contributed by atoms with Crippen LogP contribution < -0.4 is 0 Å². The Hall–Kier alpha value is -1.19. The summed E-state index contributed by atoms with van der Waals surface area (Å²) in [6, 6.07) is 6.60. The van der Waals surface area contributed by atoms with Crippen molar-refractivity contribution in [3.63, 3.8) is 0 Å². The number of unbranched alkanes of at least 4 members (excludes halogenated alkanes) is 4. The van der Waals surface area contributed by atoms with Crippen molar-refractivity contribution in [2.75, 3.05) is 17.3 Å². The Labute approximate surface area is 140 Å². The fourth-order valence-corrected chi connectivity index (χ4v) is 4.05. The SMILES string of the molecule is CCCCCCCSCCSc1ccc(C#N)cc1[N+](=O)[O-]. The third-order valence-corrected chi connectivity index (χ3v) is 5.56. The minimum absolute atomic E-state index is 0.0358. The van der Waals surface area contributed by atoms with E-state index in [2.05, 4.69) is 6.92 Å². The molecule has 0 saturated carbocycles. The van der Waals surface area contributed by atoms with Crippen molar-refractivity contribution in [1.82, 2.24) is 0 Å². The van der Waals surface area contributed by atoms with Crippen LogP contribution in [0, 0.1) is 21.4 Å². The first-order valence-corrected chi connectivity index (χ1v) is 9.72. The van der Waals surface area contributed by atoms with Crippen LogP contribution in [0.15, 0.2) is 23.1 Å². The predicted molar refractivity (Wildman–Crippen MR) is 94.6 cm³/mol. The van der Waals surface area contributed by atoms with Crippen molar-refractivity contribution >= 4 is 29.2 Å². The van der Waals surface area contributed by atoms with E-state index >= 15 is 0 Å². The lowest BCUT2D eigenvalue weighted by Gasteiger charge is -2.04. The summed E-state index contributed by atoms with van der Waals surface area (Å²) < 4.78 is 0. The molecule has 0 spiro atoms. The van der Waals surface area contributed by atoms with Gasteiger partial charge in [-0.25, -0.2) is 0 Å². The van der Waals surface area contributed by atoms with E-state index in [9.17, 15) is 10.1 Å². The average Bonchev–Trinajstić information content (AvgIpc) is 2.53. The summed E-state index contributed by atoms with van der Waals surface area (Å²) in [4.78, 5) is 11.3. The highest BCUT2D eigenvalue weighted by Crippen LogP contribution is 2.30. The molecule has 4 nitrogen and oxygen atoms in total. The number of nitriles is 1. The number of nitro groups is 1. The molecule has 0 amide bonds. The first-order chi connectivity index (χ1) is 10.7. The summed E-state index contributed by atoms with van der Waals surface area (Å²) >= 11 is 3.40. The summed E-state index contributed by atoms with van der Waals surface area (Å²) in [5.41, 5.74) is 0.367. The standard InChI is InChI=1S/C16H22N2O2S2/c1-2-3-4-5-6-9-21-10-11-22-16-8-7-14(13-17)12-15(16)18(19)20/h7-8,12H,2-6,9-11H2,1H3. The Balaban J connectivity index is 2.28. The molecule has 1 aromatic rings. The molecule has 1 rings (SSSR count). The van der Waals surface area contributed by atoms with Gasteiger partial charge in [0.15, 0.2) is 0 Å². The van der Waals surface area contributed by atoms with Crippen molar-refractivity contribution in [3.05, 3.63) is 33.9 Å². The summed E-state index contributed by atoms with van der Waals surface area (Å²) in [7, 11) is 0. The van der Waals surface area contributed by atoms with E-state index in [4.69, 9.17) is 5.26 Å². The van der Waals surface area contributed by atoms with Crippen LogP contribution in [0.1, 0.15) is 44.6 Å². The molecule has 0 atom stereocenters. The molecule has 0 saturated heterocycles. The number of benzene rings is 1. The predicted octanol–water partition coefficient (Wildman–Crippen LogP) is 5.26. The third kappa shape index (κ3) is 7.19. The van der Waals surface area contributed by atoms with E-state index in [0.717, 1.165) is 11.5 Å². The zero-order valence-corrected chi connectivity index (χ0v) is 14.5. The molecule has 6 heteroatoms. The lowest BCUT2D eigenvalue weighted by Crippen LogP contribution is -1.94. The van der Waals surface area contributed by atoms with E-state index in [1.54, 1.807) is 12.1 Å². The Kier molecular flexibility index (Phi) is 9.76. The zero-order chi connectivity index (χ0) is 16.2. The minimum Gasteiger partial charge on any atom is -0.258 e. The van der Waals surface area contributed by atoms with Gasteiger partial charge in [0.25, 0.3) is 5.69 Å². The van der Waals surface area contributed by atoms with Crippen molar-refractivity contribution in [1.29, 1.82) is 5.26 Å². The molecule has 0 aliphatic carbocycles. The van der Waals surface area contributed by atoms with Crippen LogP contribution in [0.5, 0.6) is 0 Å². The smallest absolute Gasteiger partial charge is 0.258 e. The fourth-order valence-electron chi connectivity index (χ4n) is 1.97. The maximum absolute atomic E-state index is 11.0. The topological polar surface area (TPSA) is 66.9 Å². The quantitative estimate of drug-likeness (QED) is 0.238. The van der Waals surface area contributed by atoms with Gasteiger partial charge in [-0.3, -0.25) is 10.1 Å². The van der Waals surface area contributed by atoms with E-state index in [1.807, 2.05) is 17.8 Å². The van der Waals surface area contributed by atoms with E-state index < -0.39 is 4.92 Å². The largest absolute Gasteiger partial charge is 0.284 e. The number of hydrogen-bond acceptors (Lipinski definition) is 5. The average molecular weight is 338 g/mol. The van der Waals surface area contributed by atoms with Gasteiger partial charge < -0.3 is 0 Å². The number of thioether (sulfide) groups is 2. The van der Waals surface area contributed by atoms with Crippen molar-refractivity contribution in [2.45, 2.75) is 43.9 Å². The lowest BCUT2D eigenvalue weighted by atomic mass is 10.2. The second-order valence-corrected chi connectivity index (χ2v) is 7.29. The van der Waals surface area contributed by atoms with Crippen LogP contribution in [-0.4, -0.2) is 22.2 Å². The Morgan fingerprint density at radius 3 is 2.64 bits per heavy atom. The van der Waals surface area contributed by atoms with Gasteiger partial charge in [-0.1, -0.05) is 32.6 Å². The second-order valence-electron chi connectivity index (χ2n) is 4.93. The van der Waals surface area contributed by atoms with Gasteiger partial charge in [0.05, 0.1) is 21.5 Å². The molecule has 22 heavy (non-hydrogen) atoms. The molecule has 0 radical (unpaired) electrons. The Morgan fingerprint density at radius 2 is 1.95 bits per heavy atom. The molecule has 0 fully saturated rings. The van der Waals surface area contributed by atoms with E-state index in [-0.39, 0.29) is 5.69 Å². The van der Waals surface area contributed by atoms with Gasteiger partial charge in [-0.15, -0.1) is 11.8 Å². The van der Waals surface area contributed by atoms with Crippen LogP contribution in [0.25, 0.3) is 0 Å². The molecule has 0 aliphatic heterocycles. The minimum atomic E-state index is -0.413. The number of nitrogens with zero attached hydrogens (tertiary/aromatic N) is 2. The summed E-state index contributed by atoms with van der Waals surface area (Å²) in [6.07, 6.45) is 6.47. The highest BCUT2D eigenvalue weighted by molar-refractivity contribution is 8.03. The summed E-state index contributed by atoms with van der Waals surface area (Å²) in [5, 5.41) is 19.8. The van der Waals surface area contributed by atoms with Gasteiger partial charge in [-0.05, 0) is 24.3 Å². The zero-order valence-electron chi connectivity index (χ0n) is 12.9. The number of rotatable bonds is 11. The maximum Gasteiger partial charge on any atom is 0.284 e. The molecular weight excluding hydrogens is 316 g/mol. The number of hydrogen-bond donors (Lipinski definition) is 0. The van der Waals surface area contributed by atoms with Crippen LogP contribution >= 0.6 is 23.5 Å². The molecule has 120 valence electrons. The molecule has 0 unspecified atom stereocenters. The molecule has 0 N–H and O–H groups in total. The van der Waals surface area contributed by atoms with E-state index in [1.165, 1.54) is 55.7 Å². The summed E-state index contributed by atoms with van der Waals surface area (Å²) in [5.74, 6) is 3.02. The molecule has 1 aromatic carbocycles. The normalized spacial score (nSPS) is 10.4. The van der Waals surface area contributed by atoms with Crippen LogP contribution in [0.2, 0.25) is 0 Å². The fraction of sp³-hybridized carbons (Fsp3) is 0.562. The van der Waals surface area contributed by atoms with Crippen molar-refractivity contribution in [3.8, 4) is 6.07 Å². The van der Waals surface area contributed by atoms with Crippen molar-refractivity contribution in [2.24, 2.45) is 0 Å². The molecule has 0 heterocycles. The van der Waals surface area contributed by atoms with Gasteiger partial charge in [0.1, 0.15) is 0 Å². The van der Waals surface area contributed by atoms with Gasteiger partial charge in [0, 0.05) is 17.6 Å². The third-order valence-electron chi connectivity index (χ3n) is 3.16. The van der Waals surface area contributed by atoms with E-state index in [0.29, 0.717) is 10.5 Å². The monoisotopic (exact) mass is 338 g/mol. The maximum atomic E-state index is 11.0. The first-order valence-electron chi connectivity index (χ1n) is 7.58. The summed E-state index contributed by atoms with van der Waals surface area (Å²) in [6.45, 7) is 2.22. The Morgan fingerprint density at radius 1 is 1.18 bits per heavy atom. The molecular formula is C16H22N2O2S2. The van der Waals surface area contributed by atoms with Gasteiger partial charge >= 0.3 is 0 Å². The molecule has 0 bridgehead atoms. The lowest BCUT2D eigenvalue weighted by molar-refractivity contribution is -0.387. The van der Waals surface area contributed by atoms with Crippen LogP contribution in [0.3, 0.4) is 0 Å². The number of nitro benzene ring substituents is 1. The van der Waals surface area contributed by atoms with Crippen LogP contribution in [-0.2, 0) is 0 Å². The van der Waals surface area contributed by atoms with Crippen molar-refractivity contribution < 1.29 is 4.92 Å². The highest BCUT2D eigenvalue weighted by atomic mass is 32.2.